The summed E-state index contributed by atoms with van der Waals surface area (Å²) in [7, 11) is 1.62. The van der Waals surface area contributed by atoms with Crippen LogP contribution in [0.4, 0.5) is 4.79 Å². The molecule has 6 nitrogen and oxygen atoms in total. The largest absolute Gasteiger partial charge is 0.481 e. The maximum absolute atomic E-state index is 12.0. The summed E-state index contributed by atoms with van der Waals surface area (Å²) < 4.78 is 10.6. The van der Waals surface area contributed by atoms with Crippen LogP contribution in [-0.4, -0.2) is 42.0 Å². The first-order valence-corrected chi connectivity index (χ1v) is 8.17. The summed E-state index contributed by atoms with van der Waals surface area (Å²) in [6.45, 7) is 9.29. The van der Waals surface area contributed by atoms with Crippen LogP contribution in [0, 0.1) is 11.3 Å². The molecule has 0 saturated heterocycles. The van der Waals surface area contributed by atoms with E-state index in [0.717, 1.165) is 12.8 Å². The second-order valence-electron chi connectivity index (χ2n) is 8.05. The molecule has 6 heteroatoms. The lowest BCUT2D eigenvalue weighted by molar-refractivity contribution is -0.151. The van der Waals surface area contributed by atoms with Crippen molar-refractivity contribution in [3.8, 4) is 0 Å². The zero-order valence-electron chi connectivity index (χ0n) is 15.2. The van der Waals surface area contributed by atoms with Gasteiger partial charge in [-0.15, -0.1) is 0 Å². The summed E-state index contributed by atoms with van der Waals surface area (Å²) in [6, 6.07) is 0. The van der Waals surface area contributed by atoms with E-state index in [0.29, 0.717) is 12.8 Å². The van der Waals surface area contributed by atoms with Gasteiger partial charge >= 0.3 is 12.1 Å². The number of hydrogen-bond acceptors (Lipinski definition) is 4. The van der Waals surface area contributed by atoms with Gasteiger partial charge in [0.2, 0.25) is 0 Å². The fourth-order valence-electron chi connectivity index (χ4n) is 2.60. The first-order valence-electron chi connectivity index (χ1n) is 8.17. The molecule has 0 aromatic rings. The molecule has 0 aliphatic heterocycles. The highest BCUT2D eigenvalue weighted by molar-refractivity contribution is 5.77. The maximum atomic E-state index is 12.0. The van der Waals surface area contributed by atoms with Crippen molar-refractivity contribution in [2.75, 3.05) is 13.7 Å². The van der Waals surface area contributed by atoms with Gasteiger partial charge in [-0.1, -0.05) is 0 Å². The molecule has 1 atom stereocenters. The fourth-order valence-corrected chi connectivity index (χ4v) is 2.60. The van der Waals surface area contributed by atoms with E-state index in [2.05, 4.69) is 5.32 Å². The standard InChI is InChI=1S/C17H31NO5/c1-15(2,3)23-14(21)18-11-17(13(19)20,12-7-8-12)10-9-16(4,5)22-6/h12H,7-11H2,1-6H3,(H,18,21)(H,19,20). The molecule has 0 spiro atoms. The molecule has 0 heterocycles. The molecule has 1 aliphatic rings. The Morgan fingerprint density at radius 1 is 1.13 bits per heavy atom. The minimum absolute atomic E-state index is 0.0850. The normalized spacial score (nSPS) is 18.2. The Morgan fingerprint density at radius 2 is 1.70 bits per heavy atom. The van der Waals surface area contributed by atoms with Crippen molar-refractivity contribution in [2.45, 2.75) is 71.5 Å². The number of hydrogen-bond donors (Lipinski definition) is 2. The molecule has 1 rings (SSSR count). The molecular formula is C17H31NO5. The number of rotatable bonds is 8. The van der Waals surface area contributed by atoms with Crippen molar-refractivity contribution in [3.63, 3.8) is 0 Å². The van der Waals surface area contributed by atoms with Crippen LogP contribution in [0.2, 0.25) is 0 Å². The van der Waals surface area contributed by atoms with Crippen molar-refractivity contribution >= 4 is 12.1 Å². The minimum atomic E-state index is -0.952. The number of ether oxygens (including phenoxy) is 2. The first kappa shape index (κ1) is 19.7. The average Bonchev–Trinajstić information content (AvgIpc) is 3.21. The van der Waals surface area contributed by atoms with E-state index < -0.39 is 23.1 Å². The molecule has 1 amide bonds. The van der Waals surface area contributed by atoms with E-state index >= 15 is 0 Å². The molecule has 1 aliphatic carbocycles. The Hall–Kier alpha value is -1.30. The molecule has 0 bridgehead atoms. The van der Waals surface area contributed by atoms with Crippen LogP contribution in [0.25, 0.3) is 0 Å². The molecule has 0 aromatic heterocycles. The van der Waals surface area contributed by atoms with E-state index in [1.54, 1.807) is 27.9 Å². The van der Waals surface area contributed by atoms with Crippen molar-refractivity contribution in [3.05, 3.63) is 0 Å². The SMILES string of the molecule is COC(C)(C)CCC(CNC(=O)OC(C)(C)C)(C(=O)O)C1CC1. The predicted molar refractivity (Wildman–Crippen MR) is 87.4 cm³/mol. The number of methoxy groups -OCH3 is 1. The van der Waals surface area contributed by atoms with E-state index in [-0.39, 0.29) is 18.1 Å². The quantitative estimate of drug-likeness (QED) is 0.714. The Bertz CT molecular complexity index is 437. The second kappa shape index (κ2) is 7.07. The number of aliphatic carboxylic acids is 1. The number of carbonyl (C=O) groups is 2. The third-order valence-corrected chi connectivity index (χ3v) is 4.46. The van der Waals surface area contributed by atoms with Crippen LogP contribution in [0.1, 0.15) is 60.3 Å². The van der Waals surface area contributed by atoms with Gasteiger partial charge in [0.25, 0.3) is 0 Å². The molecule has 23 heavy (non-hydrogen) atoms. The van der Waals surface area contributed by atoms with Gasteiger partial charge in [-0.3, -0.25) is 4.79 Å². The molecule has 1 unspecified atom stereocenters. The third-order valence-electron chi connectivity index (χ3n) is 4.46. The summed E-state index contributed by atoms with van der Waals surface area (Å²) >= 11 is 0. The maximum Gasteiger partial charge on any atom is 0.407 e. The number of carbonyl (C=O) groups excluding carboxylic acids is 1. The zero-order valence-corrected chi connectivity index (χ0v) is 15.2. The van der Waals surface area contributed by atoms with Gasteiger partial charge in [0.1, 0.15) is 5.60 Å². The molecule has 134 valence electrons. The smallest absolute Gasteiger partial charge is 0.407 e. The lowest BCUT2D eigenvalue weighted by Gasteiger charge is -2.33. The van der Waals surface area contributed by atoms with E-state index in [9.17, 15) is 14.7 Å². The van der Waals surface area contributed by atoms with Crippen molar-refractivity contribution in [1.29, 1.82) is 0 Å². The molecule has 1 fully saturated rings. The van der Waals surface area contributed by atoms with E-state index in [1.165, 1.54) is 0 Å². The molecule has 2 N–H and O–H groups in total. The lowest BCUT2D eigenvalue weighted by atomic mass is 9.76. The minimum Gasteiger partial charge on any atom is -0.481 e. The second-order valence-corrected chi connectivity index (χ2v) is 8.05. The Kier molecular flexibility index (Phi) is 6.07. The number of carboxylic acid groups (broad SMARTS) is 1. The van der Waals surface area contributed by atoms with Gasteiger partial charge in [0.05, 0.1) is 11.0 Å². The highest BCUT2D eigenvalue weighted by Gasteiger charge is 2.51. The average molecular weight is 329 g/mol. The van der Waals surface area contributed by atoms with Crippen molar-refractivity contribution in [1.82, 2.24) is 5.32 Å². The number of alkyl carbamates (subject to hydrolysis) is 1. The fraction of sp³-hybridized carbons (Fsp3) is 0.882. The van der Waals surface area contributed by atoms with Crippen LogP contribution in [0.5, 0.6) is 0 Å². The lowest BCUT2D eigenvalue weighted by Crippen LogP contribution is -2.47. The Labute approximate surface area is 138 Å². The number of carboxylic acids is 1. The summed E-state index contributed by atoms with van der Waals surface area (Å²) in [5.41, 5.74) is -1.94. The zero-order chi connectivity index (χ0) is 17.9. The van der Waals surface area contributed by atoms with Gasteiger partial charge < -0.3 is 19.9 Å². The van der Waals surface area contributed by atoms with Crippen molar-refractivity contribution in [2.24, 2.45) is 11.3 Å². The first-order chi connectivity index (χ1) is 10.4. The van der Waals surface area contributed by atoms with Crippen LogP contribution in [0.3, 0.4) is 0 Å². The summed E-state index contributed by atoms with van der Waals surface area (Å²) in [4.78, 5) is 23.9. The van der Waals surface area contributed by atoms with Gasteiger partial charge in [0.15, 0.2) is 0 Å². The van der Waals surface area contributed by atoms with Gasteiger partial charge in [-0.25, -0.2) is 4.79 Å². The Balaban J connectivity index is 2.76. The third kappa shape index (κ3) is 6.01. The monoisotopic (exact) mass is 329 g/mol. The highest BCUT2D eigenvalue weighted by Crippen LogP contribution is 2.49. The van der Waals surface area contributed by atoms with E-state index in [4.69, 9.17) is 9.47 Å². The van der Waals surface area contributed by atoms with Crippen LogP contribution in [-0.2, 0) is 14.3 Å². The molecule has 0 radical (unpaired) electrons. The Morgan fingerprint density at radius 3 is 2.09 bits per heavy atom. The molecular weight excluding hydrogens is 298 g/mol. The van der Waals surface area contributed by atoms with Crippen LogP contribution >= 0.6 is 0 Å². The van der Waals surface area contributed by atoms with Gasteiger partial charge in [0, 0.05) is 13.7 Å². The highest BCUT2D eigenvalue weighted by atomic mass is 16.6. The van der Waals surface area contributed by atoms with Crippen LogP contribution < -0.4 is 5.32 Å². The summed E-state index contributed by atoms with van der Waals surface area (Å²) in [6.07, 6.45) is 2.27. The number of amides is 1. The van der Waals surface area contributed by atoms with Gasteiger partial charge in [-0.05, 0) is 66.2 Å². The van der Waals surface area contributed by atoms with Crippen molar-refractivity contribution < 1.29 is 24.2 Å². The topological polar surface area (TPSA) is 84.9 Å². The van der Waals surface area contributed by atoms with Gasteiger partial charge in [-0.2, -0.15) is 0 Å². The van der Waals surface area contributed by atoms with E-state index in [1.807, 2.05) is 13.8 Å². The molecule has 1 saturated carbocycles. The summed E-state index contributed by atoms with van der Waals surface area (Å²) in [5.74, 6) is -0.759. The molecule has 0 aromatic carbocycles. The van der Waals surface area contributed by atoms with Crippen LogP contribution in [0.15, 0.2) is 0 Å². The number of nitrogens with one attached hydrogen (secondary N) is 1. The predicted octanol–water partition coefficient (Wildman–Crippen LogP) is 3.20. The summed E-state index contributed by atoms with van der Waals surface area (Å²) in [5, 5.41) is 12.5.